The summed E-state index contributed by atoms with van der Waals surface area (Å²) in [6.07, 6.45) is 14.1. The largest absolute Gasteiger partial charge is 0.389 e. The Balaban J connectivity index is 3.12. The van der Waals surface area contributed by atoms with Crippen LogP contribution in [-0.4, -0.2) is 37.5 Å². The highest BCUT2D eigenvalue weighted by atomic mass is 16.5. The number of ether oxygens (including phenoxy) is 1. The first kappa shape index (κ1) is 18.4. The van der Waals surface area contributed by atoms with Crippen LogP contribution in [0.3, 0.4) is 0 Å². The number of hydrogen-bond acceptors (Lipinski definition) is 3. The van der Waals surface area contributed by atoms with Gasteiger partial charge < -0.3 is 15.2 Å². The third-order valence-corrected chi connectivity index (χ3v) is 3.01. The highest BCUT2D eigenvalue weighted by Gasteiger charge is 2.02. The molecule has 0 saturated carbocycles. The first-order valence-electron chi connectivity index (χ1n) is 7.71. The van der Waals surface area contributed by atoms with Crippen LogP contribution >= 0.6 is 0 Å². The number of rotatable bonds is 14. The molecule has 0 spiro atoms. The summed E-state index contributed by atoms with van der Waals surface area (Å²) in [5, 5.41) is 12.8. The van der Waals surface area contributed by atoms with Gasteiger partial charge in [-0.2, -0.15) is 0 Å². The molecular weight excluding hydrogens is 238 g/mol. The van der Waals surface area contributed by atoms with Gasteiger partial charge in [-0.3, -0.25) is 0 Å². The van der Waals surface area contributed by atoms with E-state index < -0.39 is 6.10 Å². The van der Waals surface area contributed by atoms with Crippen molar-refractivity contribution in [1.82, 2.24) is 5.32 Å². The van der Waals surface area contributed by atoms with Gasteiger partial charge in [-0.05, 0) is 19.4 Å². The van der Waals surface area contributed by atoms with E-state index in [-0.39, 0.29) is 0 Å². The van der Waals surface area contributed by atoms with Crippen LogP contribution in [0.1, 0.15) is 58.3 Å². The summed E-state index contributed by atoms with van der Waals surface area (Å²) in [4.78, 5) is 0. The molecular formula is C16H31NO2. The number of hydrogen-bond donors (Lipinski definition) is 2. The van der Waals surface area contributed by atoms with Gasteiger partial charge in [0.2, 0.25) is 0 Å². The molecule has 3 nitrogen and oxygen atoms in total. The third kappa shape index (κ3) is 15.4. The van der Waals surface area contributed by atoms with Crippen LogP contribution in [0.5, 0.6) is 0 Å². The molecule has 19 heavy (non-hydrogen) atoms. The average molecular weight is 269 g/mol. The molecule has 2 N–H and O–H groups in total. The normalized spacial score (nSPS) is 12.3. The average Bonchev–Trinajstić information content (AvgIpc) is 2.41. The van der Waals surface area contributed by atoms with E-state index in [0.717, 1.165) is 32.4 Å². The second-order valence-electron chi connectivity index (χ2n) is 5.01. The molecule has 112 valence electrons. The van der Waals surface area contributed by atoms with Crippen LogP contribution in [0.4, 0.5) is 0 Å². The quantitative estimate of drug-likeness (QED) is 0.376. The van der Waals surface area contributed by atoms with Crippen LogP contribution in [0, 0.1) is 12.3 Å². The maximum absolute atomic E-state index is 9.65. The van der Waals surface area contributed by atoms with Gasteiger partial charge in [0.15, 0.2) is 0 Å². The van der Waals surface area contributed by atoms with Gasteiger partial charge in [-0.15, -0.1) is 12.3 Å². The lowest BCUT2D eigenvalue weighted by Gasteiger charge is -2.12. The topological polar surface area (TPSA) is 41.5 Å². The van der Waals surface area contributed by atoms with Crippen molar-refractivity contribution in [2.75, 3.05) is 26.3 Å². The van der Waals surface area contributed by atoms with Crippen LogP contribution in [-0.2, 0) is 4.74 Å². The van der Waals surface area contributed by atoms with Crippen molar-refractivity contribution in [2.45, 2.75) is 64.4 Å². The molecule has 0 radical (unpaired) electrons. The van der Waals surface area contributed by atoms with Crippen molar-refractivity contribution in [3.63, 3.8) is 0 Å². The summed E-state index contributed by atoms with van der Waals surface area (Å²) >= 11 is 0. The van der Waals surface area contributed by atoms with Crippen LogP contribution in [0.15, 0.2) is 0 Å². The van der Waals surface area contributed by atoms with E-state index in [1.54, 1.807) is 0 Å². The predicted octanol–water partition coefficient (Wildman–Crippen LogP) is 2.73. The van der Waals surface area contributed by atoms with E-state index in [1.165, 1.54) is 32.1 Å². The standard InChI is InChI=1S/C16H31NO2/c1-3-5-7-8-9-11-13-19-15-16(18)14-17-12-10-6-4-2/h2,16-18H,3,5-15H2,1H3. The molecule has 0 aromatic rings. The predicted molar refractivity (Wildman–Crippen MR) is 81.1 cm³/mol. The Hall–Kier alpha value is -0.560. The van der Waals surface area contributed by atoms with Crippen LogP contribution in [0.25, 0.3) is 0 Å². The SMILES string of the molecule is C#CCCCNCC(O)COCCCCCCCC. The second-order valence-corrected chi connectivity index (χ2v) is 5.01. The maximum Gasteiger partial charge on any atom is 0.0897 e. The first-order valence-corrected chi connectivity index (χ1v) is 7.71. The molecule has 3 heteroatoms. The van der Waals surface area contributed by atoms with Gasteiger partial charge in [0.1, 0.15) is 0 Å². The Morgan fingerprint density at radius 3 is 2.63 bits per heavy atom. The monoisotopic (exact) mass is 269 g/mol. The summed E-state index contributed by atoms with van der Waals surface area (Å²) in [5.74, 6) is 2.60. The Morgan fingerprint density at radius 1 is 1.16 bits per heavy atom. The van der Waals surface area contributed by atoms with Gasteiger partial charge >= 0.3 is 0 Å². The first-order chi connectivity index (χ1) is 9.31. The Morgan fingerprint density at radius 2 is 1.89 bits per heavy atom. The van der Waals surface area contributed by atoms with Crippen molar-refractivity contribution in [2.24, 2.45) is 0 Å². The highest BCUT2D eigenvalue weighted by Crippen LogP contribution is 2.04. The van der Waals surface area contributed by atoms with Crippen molar-refractivity contribution in [3.8, 4) is 12.3 Å². The molecule has 0 fully saturated rings. The van der Waals surface area contributed by atoms with Gasteiger partial charge in [0.25, 0.3) is 0 Å². The molecule has 0 saturated heterocycles. The third-order valence-electron chi connectivity index (χ3n) is 3.01. The Labute approximate surface area is 119 Å². The smallest absolute Gasteiger partial charge is 0.0897 e. The number of aliphatic hydroxyl groups excluding tert-OH is 1. The highest BCUT2D eigenvalue weighted by molar-refractivity contribution is 4.83. The zero-order valence-corrected chi connectivity index (χ0v) is 12.5. The minimum atomic E-state index is -0.411. The second kappa shape index (κ2) is 15.5. The van der Waals surface area contributed by atoms with Gasteiger partial charge in [0, 0.05) is 19.6 Å². The Bertz CT molecular complexity index is 213. The summed E-state index contributed by atoms with van der Waals surface area (Å²) in [5.41, 5.74) is 0. The van der Waals surface area contributed by atoms with Crippen molar-refractivity contribution in [1.29, 1.82) is 0 Å². The molecule has 1 unspecified atom stereocenters. The molecule has 1 atom stereocenters. The Kier molecular flexibility index (Phi) is 15.0. The van der Waals surface area contributed by atoms with E-state index >= 15 is 0 Å². The molecule has 0 heterocycles. The zero-order valence-electron chi connectivity index (χ0n) is 12.5. The molecule has 0 aliphatic rings. The molecule has 0 amide bonds. The fourth-order valence-electron chi connectivity index (χ4n) is 1.85. The minimum absolute atomic E-state index is 0.411. The van der Waals surface area contributed by atoms with E-state index in [4.69, 9.17) is 11.2 Å². The number of nitrogens with one attached hydrogen (secondary N) is 1. The molecule has 0 aliphatic heterocycles. The molecule has 0 rings (SSSR count). The van der Waals surface area contributed by atoms with Gasteiger partial charge in [-0.1, -0.05) is 39.0 Å². The maximum atomic E-state index is 9.65. The molecule has 0 aromatic heterocycles. The summed E-state index contributed by atoms with van der Waals surface area (Å²) in [6, 6.07) is 0. The van der Waals surface area contributed by atoms with E-state index in [1.807, 2.05) is 0 Å². The van der Waals surface area contributed by atoms with Crippen LogP contribution in [0.2, 0.25) is 0 Å². The van der Waals surface area contributed by atoms with Gasteiger partial charge in [-0.25, -0.2) is 0 Å². The van der Waals surface area contributed by atoms with Crippen molar-refractivity contribution >= 4 is 0 Å². The lowest BCUT2D eigenvalue weighted by Crippen LogP contribution is -2.31. The zero-order chi connectivity index (χ0) is 14.2. The fraction of sp³-hybridized carbons (Fsp3) is 0.875. The lowest BCUT2D eigenvalue weighted by atomic mass is 10.1. The van der Waals surface area contributed by atoms with Crippen molar-refractivity contribution < 1.29 is 9.84 Å². The summed E-state index contributed by atoms with van der Waals surface area (Å²) < 4.78 is 5.46. The fourth-order valence-corrected chi connectivity index (χ4v) is 1.85. The van der Waals surface area contributed by atoms with E-state index in [9.17, 15) is 5.11 Å². The minimum Gasteiger partial charge on any atom is -0.389 e. The molecule has 0 aliphatic carbocycles. The van der Waals surface area contributed by atoms with Crippen LogP contribution < -0.4 is 5.32 Å². The van der Waals surface area contributed by atoms with Crippen molar-refractivity contribution in [3.05, 3.63) is 0 Å². The number of terminal acetylenes is 1. The number of unbranched alkanes of at least 4 members (excludes halogenated alkanes) is 6. The molecule has 0 aromatic carbocycles. The van der Waals surface area contributed by atoms with E-state index in [0.29, 0.717) is 13.2 Å². The number of aliphatic hydroxyl groups is 1. The summed E-state index contributed by atoms with van der Waals surface area (Å²) in [6.45, 7) is 4.86. The lowest BCUT2D eigenvalue weighted by molar-refractivity contribution is 0.0355. The molecule has 0 bridgehead atoms. The summed E-state index contributed by atoms with van der Waals surface area (Å²) in [7, 11) is 0. The van der Waals surface area contributed by atoms with E-state index in [2.05, 4.69) is 18.2 Å². The van der Waals surface area contributed by atoms with Gasteiger partial charge in [0.05, 0.1) is 12.7 Å².